The highest BCUT2D eigenvalue weighted by Crippen LogP contribution is 2.17. The second-order valence-electron chi connectivity index (χ2n) is 4.89. The van der Waals surface area contributed by atoms with E-state index in [0.717, 1.165) is 0 Å². The number of ether oxygens (including phenoxy) is 1. The third kappa shape index (κ3) is 5.10. The summed E-state index contributed by atoms with van der Waals surface area (Å²) < 4.78 is 5.26. The molecule has 0 fully saturated rings. The van der Waals surface area contributed by atoms with Crippen molar-refractivity contribution in [1.29, 1.82) is 0 Å². The molecule has 0 heterocycles. The van der Waals surface area contributed by atoms with Crippen LogP contribution in [-0.2, 0) is 9.59 Å². The molecular weight excluding hydrogens is 332 g/mol. The number of carbonyl (C=O) groups is 3. The van der Waals surface area contributed by atoms with Crippen molar-refractivity contribution in [2.24, 2.45) is 5.73 Å². The standard InChI is InChI=1S/C17H15ClN2O4/c18-13-5-1-11(2-6-13)17(23)12-3-7-14(8-4-12)24-10-16(22)20-9-15(19)21/h1-8H,9-10H2,(H2,19,21)(H,20,22). The number of hydrogen-bond donors (Lipinski definition) is 2. The van der Waals surface area contributed by atoms with Gasteiger partial charge in [-0.25, -0.2) is 0 Å². The molecule has 124 valence electrons. The molecule has 2 aromatic carbocycles. The van der Waals surface area contributed by atoms with Gasteiger partial charge in [0.1, 0.15) is 5.75 Å². The molecule has 2 rings (SSSR count). The van der Waals surface area contributed by atoms with Crippen LogP contribution in [0.25, 0.3) is 0 Å². The van der Waals surface area contributed by atoms with Crippen molar-refractivity contribution in [2.45, 2.75) is 0 Å². The minimum absolute atomic E-state index is 0.141. The molecule has 0 bridgehead atoms. The second kappa shape index (κ2) is 8.12. The third-order valence-electron chi connectivity index (χ3n) is 3.05. The van der Waals surface area contributed by atoms with Gasteiger partial charge in [0.15, 0.2) is 12.4 Å². The number of halogens is 1. The van der Waals surface area contributed by atoms with Gasteiger partial charge in [-0.15, -0.1) is 0 Å². The van der Waals surface area contributed by atoms with Crippen LogP contribution < -0.4 is 15.8 Å². The lowest BCUT2D eigenvalue weighted by Crippen LogP contribution is -2.36. The van der Waals surface area contributed by atoms with Crippen LogP contribution in [0.1, 0.15) is 15.9 Å². The highest BCUT2D eigenvalue weighted by molar-refractivity contribution is 6.30. The largest absolute Gasteiger partial charge is 0.484 e. The predicted octanol–water partition coefficient (Wildman–Crippen LogP) is 1.55. The summed E-state index contributed by atoms with van der Waals surface area (Å²) in [6.45, 7) is -0.492. The minimum Gasteiger partial charge on any atom is -0.484 e. The number of nitrogens with two attached hydrogens (primary N) is 1. The van der Waals surface area contributed by atoms with Crippen molar-refractivity contribution < 1.29 is 19.1 Å². The number of hydrogen-bond acceptors (Lipinski definition) is 4. The quantitative estimate of drug-likeness (QED) is 0.743. The van der Waals surface area contributed by atoms with E-state index in [2.05, 4.69) is 5.32 Å². The van der Waals surface area contributed by atoms with E-state index in [9.17, 15) is 14.4 Å². The molecule has 0 saturated carbocycles. The molecule has 0 aliphatic heterocycles. The molecule has 0 radical (unpaired) electrons. The number of ketones is 1. The Morgan fingerprint density at radius 3 is 2.04 bits per heavy atom. The molecule has 2 amide bonds. The molecular formula is C17H15ClN2O4. The predicted molar refractivity (Wildman–Crippen MR) is 89.0 cm³/mol. The van der Waals surface area contributed by atoms with Crippen LogP contribution in [0.2, 0.25) is 5.02 Å². The van der Waals surface area contributed by atoms with E-state index in [1.165, 1.54) is 0 Å². The Labute approximate surface area is 143 Å². The van der Waals surface area contributed by atoms with Gasteiger partial charge in [-0.3, -0.25) is 14.4 Å². The molecule has 0 unspecified atom stereocenters. The van der Waals surface area contributed by atoms with E-state index < -0.39 is 11.8 Å². The number of rotatable bonds is 7. The highest BCUT2D eigenvalue weighted by atomic mass is 35.5. The van der Waals surface area contributed by atoms with Crippen molar-refractivity contribution in [3.8, 4) is 5.75 Å². The van der Waals surface area contributed by atoms with E-state index in [1.54, 1.807) is 48.5 Å². The van der Waals surface area contributed by atoms with E-state index in [-0.39, 0.29) is 18.9 Å². The summed E-state index contributed by atoms with van der Waals surface area (Å²) in [6.07, 6.45) is 0. The van der Waals surface area contributed by atoms with Crippen LogP contribution in [0, 0.1) is 0 Å². The van der Waals surface area contributed by atoms with E-state index in [1.807, 2.05) is 0 Å². The Morgan fingerprint density at radius 2 is 1.50 bits per heavy atom. The maximum absolute atomic E-state index is 12.3. The highest BCUT2D eigenvalue weighted by Gasteiger charge is 2.09. The number of benzene rings is 2. The summed E-state index contributed by atoms with van der Waals surface area (Å²) in [5.41, 5.74) is 5.93. The molecule has 0 aliphatic rings. The summed E-state index contributed by atoms with van der Waals surface area (Å²) in [6, 6.07) is 13.0. The average molecular weight is 347 g/mol. The van der Waals surface area contributed by atoms with Crippen LogP contribution in [0.5, 0.6) is 5.75 Å². The second-order valence-corrected chi connectivity index (χ2v) is 5.33. The van der Waals surface area contributed by atoms with Crippen LogP contribution in [0.4, 0.5) is 0 Å². The Bertz CT molecular complexity index is 742. The smallest absolute Gasteiger partial charge is 0.258 e. The minimum atomic E-state index is -0.631. The lowest BCUT2D eigenvalue weighted by Gasteiger charge is -2.07. The Kier molecular flexibility index (Phi) is 5.92. The topological polar surface area (TPSA) is 98.5 Å². The van der Waals surface area contributed by atoms with Gasteiger partial charge in [0, 0.05) is 16.1 Å². The van der Waals surface area contributed by atoms with Gasteiger partial charge in [0.25, 0.3) is 5.91 Å². The normalized spacial score (nSPS) is 10.0. The third-order valence-corrected chi connectivity index (χ3v) is 3.30. The summed E-state index contributed by atoms with van der Waals surface area (Å²) in [5, 5.41) is 2.86. The van der Waals surface area contributed by atoms with Crippen molar-refractivity contribution in [2.75, 3.05) is 13.2 Å². The molecule has 7 heteroatoms. The van der Waals surface area contributed by atoms with Gasteiger partial charge in [0.05, 0.1) is 6.54 Å². The van der Waals surface area contributed by atoms with Gasteiger partial charge >= 0.3 is 0 Å². The summed E-state index contributed by atoms with van der Waals surface area (Å²) in [7, 11) is 0. The zero-order chi connectivity index (χ0) is 17.5. The van der Waals surface area contributed by atoms with Crippen LogP contribution >= 0.6 is 11.6 Å². The van der Waals surface area contributed by atoms with Crippen molar-refractivity contribution in [3.05, 3.63) is 64.7 Å². The van der Waals surface area contributed by atoms with Crippen molar-refractivity contribution in [3.63, 3.8) is 0 Å². The number of amides is 2. The number of carbonyl (C=O) groups excluding carboxylic acids is 3. The summed E-state index contributed by atoms with van der Waals surface area (Å²) in [4.78, 5) is 34.2. The lowest BCUT2D eigenvalue weighted by atomic mass is 10.0. The monoisotopic (exact) mass is 346 g/mol. The van der Waals surface area contributed by atoms with Gasteiger partial charge in [0.2, 0.25) is 5.91 Å². The molecule has 0 saturated heterocycles. The van der Waals surface area contributed by atoms with E-state index in [0.29, 0.717) is 21.9 Å². The molecule has 2 aromatic rings. The zero-order valence-electron chi connectivity index (χ0n) is 12.6. The first-order valence-electron chi connectivity index (χ1n) is 7.04. The zero-order valence-corrected chi connectivity index (χ0v) is 13.4. The fraction of sp³-hybridized carbons (Fsp3) is 0.118. The Balaban J connectivity index is 1.93. The van der Waals surface area contributed by atoms with Crippen LogP contribution in [0.15, 0.2) is 48.5 Å². The van der Waals surface area contributed by atoms with Gasteiger partial charge < -0.3 is 15.8 Å². The molecule has 0 atom stereocenters. The summed E-state index contributed by atoms with van der Waals surface area (Å²) in [5.74, 6) is -0.808. The summed E-state index contributed by atoms with van der Waals surface area (Å²) >= 11 is 5.80. The van der Waals surface area contributed by atoms with Gasteiger partial charge in [-0.1, -0.05) is 11.6 Å². The molecule has 0 spiro atoms. The van der Waals surface area contributed by atoms with Gasteiger partial charge in [-0.2, -0.15) is 0 Å². The maximum atomic E-state index is 12.3. The van der Waals surface area contributed by atoms with E-state index >= 15 is 0 Å². The first kappa shape index (κ1) is 17.5. The van der Waals surface area contributed by atoms with Crippen molar-refractivity contribution >= 4 is 29.2 Å². The average Bonchev–Trinajstić information content (AvgIpc) is 2.58. The van der Waals surface area contributed by atoms with Crippen LogP contribution in [-0.4, -0.2) is 30.7 Å². The molecule has 6 nitrogen and oxygen atoms in total. The van der Waals surface area contributed by atoms with E-state index in [4.69, 9.17) is 22.1 Å². The van der Waals surface area contributed by atoms with Crippen LogP contribution in [0.3, 0.4) is 0 Å². The van der Waals surface area contributed by atoms with Gasteiger partial charge in [-0.05, 0) is 48.5 Å². The maximum Gasteiger partial charge on any atom is 0.258 e. The fourth-order valence-corrected chi connectivity index (χ4v) is 1.98. The SMILES string of the molecule is NC(=O)CNC(=O)COc1ccc(C(=O)c2ccc(Cl)cc2)cc1. The number of primary amides is 1. The number of nitrogens with one attached hydrogen (secondary N) is 1. The fourth-order valence-electron chi connectivity index (χ4n) is 1.86. The molecule has 0 aliphatic carbocycles. The Hall–Kier alpha value is -2.86. The van der Waals surface area contributed by atoms with Crippen molar-refractivity contribution in [1.82, 2.24) is 5.32 Å². The first-order chi connectivity index (χ1) is 11.5. The molecule has 24 heavy (non-hydrogen) atoms. The first-order valence-corrected chi connectivity index (χ1v) is 7.41. The molecule has 3 N–H and O–H groups in total. The lowest BCUT2D eigenvalue weighted by molar-refractivity contribution is -0.126. The molecule has 0 aromatic heterocycles. The Morgan fingerprint density at radius 1 is 0.958 bits per heavy atom.